The number of nitrogens with one attached hydrogen (secondary N) is 2. The second-order valence-electron chi connectivity index (χ2n) is 8.21. The van der Waals surface area contributed by atoms with Gasteiger partial charge >= 0.3 is 0 Å². The lowest BCUT2D eigenvalue weighted by atomic mass is 9.93. The predicted octanol–water partition coefficient (Wildman–Crippen LogP) is 2.64. The molecule has 2 N–H and O–H groups in total. The van der Waals surface area contributed by atoms with Gasteiger partial charge in [0.25, 0.3) is 0 Å². The van der Waals surface area contributed by atoms with Gasteiger partial charge in [-0.25, -0.2) is 0 Å². The van der Waals surface area contributed by atoms with E-state index >= 15 is 0 Å². The number of hydrogen-bond acceptors (Lipinski definition) is 4. The number of pyridine rings is 1. The Morgan fingerprint density at radius 3 is 2.79 bits per heavy atom. The molecule has 2 heterocycles. The van der Waals surface area contributed by atoms with Crippen molar-refractivity contribution in [3.05, 3.63) is 30.1 Å². The molecule has 1 unspecified atom stereocenters. The monoisotopic (exact) mass is 386 g/mol. The first-order valence-electron chi connectivity index (χ1n) is 10.9. The van der Waals surface area contributed by atoms with Crippen molar-refractivity contribution < 1.29 is 9.59 Å². The molecule has 2 amide bonds. The van der Waals surface area contributed by atoms with Crippen LogP contribution in [0.3, 0.4) is 0 Å². The summed E-state index contributed by atoms with van der Waals surface area (Å²) in [6.45, 7) is 3.01. The topological polar surface area (TPSA) is 74.3 Å². The third kappa shape index (κ3) is 6.89. The number of hydrogen-bond donors (Lipinski definition) is 2. The van der Waals surface area contributed by atoms with Crippen LogP contribution in [-0.4, -0.2) is 47.4 Å². The van der Waals surface area contributed by atoms with E-state index < -0.39 is 0 Å². The maximum atomic E-state index is 12.8. The van der Waals surface area contributed by atoms with Crippen molar-refractivity contribution in [2.45, 2.75) is 70.4 Å². The molecule has 6 heteroatoms. The van der Waals surface area contributed by atoms with E-state index in [1.165, 1.54) is 19.3 Å². The van der Waals surface area contributed by atoms with Gasteiger partial charge in [-0.1, -0.05) is 25.3 Å². The van der Waals surface area contributed by atoms with E-state index in [1.807, 2.05) is 12.3 Å². The van der Waals surface area contributed by atoms with Crippen molar-refractivity contribution in [3.8, 4) is 0 Å². The van der Waals surface area contributed by atoms with Crippen LogP contribution in [0.2, 0.25) is 0 Å². The highest BCUT2D eigenvalue weighted by Gasteiger charge is 2.23. The van der Waals surface area contributed by atoms with Gasteiger partial charge in [0, 0.05) is 50.4 Å². The van der Waals surface area contributed by atoms with E-state index in [0.717, 1.165) is 57.3 Å². The lowest BCUT2D eigenvalue weighted by Gasteiger charge is -2.26. The van der Waals surface area contributed by atoms with E-state index in [-0.39, 0.29) is 17.7 Å². The molecule has 1 aliphatic heterocycles. The summed E-state index contributed by atoms with van der Waals surface area (Å²) in [6, 6.07) is 4.36. The zero-order chi connectivity index (χ0) is 19.6. The molecule has 1 aromatic rings. The Hall–Kier alpha value is -1.95. The number of carbonyl (C=O) groups excluding carboxylic acids is 2. The standard InChI is InChI=1S/C22H34N4O2/c27-21-11-15-26(17-18-6-4-12-23-16-18)14-5-7-19(10-13-24-21)22(28)25-20-8-2-1-3-9-20/h4,6,12,16,19-20H,1-3,5,7-11,13-15,17H2,(H,24,27)(H,25,28). The van der Waals surface area contributed by atoms with Crippen LogP contribution in [0.5, 0.6) is 0 Å². The lowest BCUT2D eigenvalue weighted by molar-refractivity contribution is -0.127. The summed E-state index contributed by atoms with van der Waals surface area (Å²) in [7, 11) is 0. The van der Waals surface area contributed by atoms with Gasteiger partial charge in [-0.2, -0.15) is 0 Å². The second kappa shape index (κ2) is 11.1. The Kier molecular flexibility index (Phi) is 8.27. The summed E-state index contributed by atoms with van der Waals surface area (Å²) < 4.78 is 0. The Morgan fingerprint density at radius 1 is 1.14 bits per heavy atom. The first-order chi connectivity index (χ1) is 13.7. The number of nitrogens with zero attached hydrogens (tertiary/aromatic N) is 2. The third-order valence-electron chi connectivity index (χ3n) is 5.95. The fourth-order valence-electron chi connectivity index (χ4n) is 4.29. The normalized spacial score (nSPS) is 23.4. The number of amides is 2. The van der Waals surface area contributed by atoms with Crippen LogP contribution in [0.4, 0.5) is 0 Å². The van der Waals surface area contributed by atoms with Gasteiger partial charge in [-0.3, -0.25) is 19.5 Å². The minimum Gasteiger partial charge on any atom is -0.356 e. The molecule has 0 bridgehead atoms. The molecular weight excluding hydrogens is 352 g/mol. The molecule has 154 valence electrons. The second-order valence-corrected chi connectivity index (χ2v) is 8.21. The molecule has 0 radical (unpaired) electrons. The molecule has 1 saturated carbocycles. The van der Waals surface area contributed by atoms with Gasteiger partial charge < -0.3 is 10.6 Å². The Bertz CT molecular complexity index is 616. The van der Waals surface area contributed by atoms with Gasteiger partial charge in [-0.15, -0.1) is 0 Å². The SMILES string of the molecule is O=C1CCN(Cc2cccnc2)CCCC(C(=O)NC2CCCCC2)CCN1. The Morgan fingerprint density at radius 2 is 2.00 bits per heavy atom. The summed E-state index contributed by atoms with van der Waals surface area (Å²) in [5, 5.41) is 6.27. The fraction of sp³-hybridized carbons (Fsp3) is 0.682. The Labute approximate surface area is 168 Å². The molecule has 1 saturated heterocycles. The van der Waals surface area contributed by atoms with E-state index in [4.69, 9.17) is 0 Å². The molecule has 1 aromatic heterocycles. The highest BCUT2D eigenvalue weighted by Crippen LogP contribution is 2.20. The van der Waals surface area contributed by atoms with Crippen molar-refractivity contribution in [3.63, 3.8) is 0 Å². The minimum absolute atomic E-state index is 0.0134. The van der Waals surface area contributed by atoms with Gasteiger partial charge in [0.1, 0.15) is 0 Å². The van der Waals surface area contributed by atoms with E-state index in [0.29, 0.717) is 19.0 Å². The zero-order valence-electron chi connectivity index (χ0n) is 16.9. The molecule has 3 rings (SSSR count). The summed E-state index contributed by atoms with van der Waals surface area (Å²) in [4.78, 5) is 31.5. The van der Waals surface area contributed by atoms with Gasteiger partial charge in [0.05, 0.1) is 0 Å². The summed E-state index contributed by atoms with van der Waals surface area (Å²) in [5.74, 6) is 0.240. The molecule has 6 nitrogen and oxygen atoms in total. The van der Waals surface area contributed by atoms with Crippen LogP contribution < -0.4 is 10.6 Å². The van der Waals surface area contributed by atoms with Gasteiger partial charge in [-0.05, 0) is 50.3 Å². The molecule has 1 aliphatic carbocycles. The van der Waals surface area contributed by atoms with Crippen LogP contribution in [0.15, 0.2) is 24.5 Å². The average Bonchev–Trinajstić information content (AvgIpc) is 2.75. The highest BCUT2D eigenvalue weighted by molar-refractivity contribution is 5.79. The predicted molar refractivity (Wildman–Crippen MR) is 109 cm³/mol. The highest BCUT2D eigenvalue weighted by atomic mass is 16.2. The third-order valence-corrected chi connectivity index (χ3v) is 5.95. The summed E-state index contributed by atoms with van der Waals surface area (Å²) in [6.07, 6.45) is 12.7. The first-order valence-corrected chi connectivity index (χ1v) is 10.9. The summed E-state index contributed by atoms with van der Waals surface area (Å²) >= 11 is 0. The maximum absolute atomic E-state index is 12.8. The molecular formula is C22H34N4O2. The van der Waals surface area contributed by atoms with Crippen LogP contribution in [0.1, 0.15) is 63.4 Å². The fourth-order valence-corrected chi connectivity index (χ4v) is 4.29. The molecule has 1 atom stereocenters. The number of carbonyl (C=O) groups is 2. The van der Waals surface area contributed by atoms with Crippen molar-refractivity contribution in [1.29, 1.82) is 0 Å². The zero-order valence-corrected chi connectivity index (χ0v) is 16.9. The molecule has 2 aliphatic rings. The molecule has 28 heavy (non-hydrogen) atoms. The number of rotatable bonds is 4. The van der Waals surface area contributed by atoms with Gasteiger partial charge in [0.2, 0.25) is 11.8 Å². The smallest absolute Gasteiger partial charge is 0.223 e. The van der Waals surface area contributed by atoms with Crippen LogP contribution in [-0.2, 0) is 16.1 Å². The van der Waals surface area contributed by atoms with Crippen molar-refractivity contribution >= 4 is 11.8 Å². The maximum Gasteiger partial charge on any atom is 0.223 e. The van der Waals surface area contributed by atoms with Crippen LogP contribution >= 0.6 is 0 Å². The van der Waals surface area contributed by atoms with E-state index in [1.54, 1.807) is 6.20 Å². The summed E-state index contributed by atoms with van der Waals surface area (Å²) in [5.41, 5.74) is 1.16. The molecule has 2 fully saturated rings. The van der Waals surface area contributed by atoms with Crippen molar-refractivity contribution in [2.75, 3.05) is 19.6 Å². The number of aromatic nitrogens is 1. The van der Waals surface area contributed by atoms with Crippen molar-refractivity contribution in [1.82, 2.24) is 20.5 Å². The minimum atomic E-state index is -0.0134. The van der Waals surface area contributed by atoms with Crippen molar-refractivity contribution in [2.24, 2.45) is 5.92 Å². The van der Waals surface area contributed by atoms with E-state index in [2.05, 4.69) is 26.6 Å². The lowest BCUT2D eigenvalue weighted by Crippen LogP contribution is -2.41. The van der Waals surface area contributed by atoms with Crippen LogP contribution in [0.25, 0.3) is 0 Å². The first kappa shape index (κ1) is 20.8. The van der Waals surface area contributed by atoms with Gasteiger partial charge in [0.15, 0.2) is 0 Å². The quantitative estimate of drug-likeness (QED) is 0.834. The van der Waals surface area contributed by atoms with Crippen LogP contribution in [0, 0.1) is 5.92 Å². The molecule has 0 aromatic carbocycles. The largest absolute Gasteiger partial charge is 0.356 e. The molecule has 0 spiro atoms. The Balaban J connectivity index is 1.55. The van der Waals surface area contributed by atoms with E-state index in [9.17, 15) is 9.59 Å². The average molecular weight is 387 g/mol.